The molecule has 4 atom stereocenters. The van der Waals surface area contributed by atoms with Gasteiger partial charge in [-0.25, -0.2) is 0 Å². The zero-order valence-corrected chi connectivity index (χ0v) is 15.0. The molecule has 1 N–H and O–H groups in total. The summed E-state index contributed by atoms with van der Waals surface area (Å²) in [6.45, 7) is 9.28. The van der Waals surface area contributed by atoms with Crippen molar-refractivity contribution in [2.45, 2.75) is 59.0 Å². The largest absolute Gasteiger partial charge is 0.307 e. The molecule has 2 rings (SSSR count). The summed E-state index contributed by atoms with van der Waals surface area (Å²) >= 11 is 12.2. The summed E-state index contributed by atoms with van der Waals surface area (Å²) < 4.78 is 0. The molecule has 118 valence electrons. The predicted octanol–water partition coefficient (Wildman–Crippen LogP) is 6.10. The maximum atomic E-state index is 6.14. The molecule has 21 heavy (non-hydrogen) atoms. The van der Waals surface area contributed by atoms with E-state index in [-0.39, 0.29) is 0 Å². The molecule has 0 saturated heterocycles. The molecule has 4 unspecified atom stereocenters. The second-order valence-electron chi connectivity index (χ2n) is 6.99. The van der Waals surface area contributed by atoms with Crippen LogP contribution < -0.4 is 5.32 Å². The van der Waals surface area contributed by atoms with Gasteiger partial charge >= 0.3 is 0 Å². The van der Waals surface area contributed by atoms with Crippen LogP contribution in [0.5, 0.6) is 0 Å². The highest BCUT2D eigenvalue weighted by Crippen LogP contribution is 2.35. The molecule has 1 fully saturated rings. The van der Waals surface area contributed by atoms with Crippen molar-refractivity contribution in [1.29, 1.82) is 0 Å². The van der Waals surface area contributed by atoms with Gasteiger partial charge in [-0.05, 0) is 55.2 Å². The molecule has 0 radical (unpaired) electrons. The quantitative estimate of drug-likeness (QED) is 0.703. The molecule has 0 bridgehead atoms. The maximum Gasteiger partial charge on any atom is 0.0595 e. The molecule has 1 nitrogen and oxygen atoms in total. The third kappa shape index (κ3) is 4.37. The van der Waals surface area contributed by atoms with E-state index in [1.807, 2.05) is 12.1 Å². The Morgan fingerprint density at radius 2 is 1.81 bits per heavy atom. The van der Waals surface area contributed by atoms with Crippen LogP contribution in [0.1, 0.15) is 58.6 Å². The van der Waals surface area contributed by atoms with Crippen molar-refractivity contribution in [2.75, 3.05) is 0 Å². The number of rotatable bonds is 4. The van der Waals surface area contributed by atoms with Crippen LogP contribution in [0.25, 0.3) is 0 Å². The van der Waals surface area contributed by atoms with Crippen molar-refractivity contribution in [3.8, 4) is 0 Å². The minimum Gasteiger partial charge on any atom is -0.307 e. The normalized spacial score (nSPS) is 27.9. The van der Waals surface area contributed by atoms with Crippen LogP contribution in [0, 0.1) is 17.8 Å². The third-order valence-corrected chi connectivity index (χ3v) is 5.67. The minimum atomic E-state index is 0.302. The highest BCUT2D eigenvalue weighted by Gasteiger charge is 2.31. The first-order valence-electron chi connectivity index (χ1n) is 8.09. The second kappa shape index (κ2) is 7.35. The van der Waals surface area contributed by atoms with Gasteiger partial charge in [0, 0.05) is 12.1 Å². The van der Waals surface area contributed by atoms with E-state index in [1.165, 1.54) is 24.8 Å². The molecule has 0 aromatic heterocycles. The average molecular weight is 328 g/mol. The van der Waals surface area contributed by atoms with Crippen molar-refractivity contribution in [3.05, 3.63) is 33.8 Å². The Morgan fingerprint density at radius 1 is 1.10 bits per heavy atom. The van der Waals surface area contributed by atoms with E-state index in [2.05, 4.69) is 39.1 Å². The molecule has 0 heterocycles. The van der Waals surface area contributed by atoms with Gasteiger partial charge in [-0.15, -0.1) is 0 Å². The van der Waals surface area contributed by atoms with Crippen molar-refractivity contribution in [1.82, 2.24) is 5.32 Å². The second-order valence-corrected chi connectivity index (χ2v) is 7.81. The first-order valence-corrected chi connectivity index (χ1v) is 8.85. The van der Waals surface area contributed by atoms with Gasteiger partial charge in [0.25, 0.3) is 0 Å². The van der Waals surface area contributed by atoms with Gasteiger partial charge in [0.2, 0.25) is 0 Å². The van der Waals surface area contributed by atoms with Crippen molar-refractivity contribution in [3.63, 3.8) is 0 Å². The zero-order valence-electron chi connectivity index (χ0n) is 13.5. The molecule has 0 aliphatic heterocycles. The SMILES string of the molecule is CC1CCC(C(C)C)C(NC(C)c2ccc(Cl)c(Cl)c2)C1. The number of nitrogens with one attached hydrogen (secondary N) is 1. The van der Waals surface area contributed by atoms with E-state index in [1.54, 1.807) is 0 Å². The van der Waals surface area contributed by atoms with Crippen LogP contribution in [0.15, 0.2) is 18.2 Å². The van der Waals surface area contributed by atoms with Crippen LogP contribution >= 0.6 is 23.2 Å². The average Bonchev–Trinajstić information content (AvgIpc) is 2.41. The molecular weight excluding hydrogens is 301 g/mol. The van der Waals surface area contributed by atoms with Gasteiger partial charge in [0.1, 0.15) is 0 Å². The van der Waals surface area contributed by atoms with Crippen LogP contribution in [-0.2, 0) is 0 Å². The molecule has 1 aromatic carbocycles. The van der Waals surface area contributed by atoms with Gasteiger partial charge in [0.15, 0.2) is 0 Å². The Balaban J connectivity index is 2.08. The Labute approximate surface area is 139 Å². The number of hydrogen-bond acceptors (Lipinski definition) is 1. The molecule has 1 aliphatic rings. The third-order valence-electron chi connectivity index (χ3n) is 4.93. The summed E-state index contributed by atoms with van der Waals surface area (Å²) in [4.78, 5) is 0. The van der Waals surface area contributed by atoms with Gasteiger partial charge in [-0.1, -0.05) is 56.5 Å². The summed E-state index contributed by atoms with van der Waals surface area (Å²) in [5.74, 6) is 2.32. The fourth-order valence-electron chi connectivity index (χ4n) is 3.59. The number of halogens is 2. The lowest BCUT2D eigenvalue weighted by Gasteiger charge is -2.39. The van der Waals surface area contributed by atoms with Crippen LogP contribution in [-0.4, -0.2) is 6.04 Å². The van der Waals surface area contributed by atoms with Crippen molar-refractivity contribution >= 4 is 23.2 Å². The lowest BCUT2D eigenvalue weighted by Crippen LogP contribution is -2.43. The maximum absolute atomic E-state index is 6.14. The van der Waals surface area contributed by atoms with Crippen molar-refractivity contribution < 1.29 is 0 Å². The molecular formula is C18H27Cl2N. The fourth-order valence-corrected chi connectivity index (χ4v) is 3.90. The smallest absolute Gasteiger partial charge is 0.0595 e. The van der Waals surface area contributed by atoms with E-state index >= 15 is 0 Å². The molecule has 3 heteroatoms. The Bertz CT molecular complexity index is 472. The van der Waals surface area contributed by atoms with E-state index in [9.17, 15) is 0 Å². The number of benzene rings is 1. The first-order chi connectivity index (χ1) is 9.88. The van der Waals surface area contributed by atoms with Gasteiger partial charge in [0.05, 0.1) is 10.0 Å². The van der Waals surface area contributed by atoms with E-state index in [4.69, 9.17) is 23.2 Å². The summed E-state index contributed by atoms with van der Waals surface area (Å²) in [6.07, 6.45) is 3.97. The van der Waals surface area contributed by atoms with Crippen LogP contribution in [0.4, 0.5) is 0 Å². The summed E-state index contributed by atoms with van der Waals surface area (Å²) in [7, 11) is 0. The monoisotopic (exact) mass is 327 g/mol. The lowest BCUT2D eigenvalue weighted by atomic mass is 9.73. The first kappa shape index (κ1) is 17.1. The zero-order chi connectivity index (χ0) is 15.6. The van der Waals surface area contributed by atoms with Gasteiger partial charge in [-0.3, -0.25) is 0 Å². The summed E-state index contributed by atoms with van der Waals surface area (Å²) in [5, 5.41) is 5.11. The lowest BCUT2D eigenvalue weighted by molar-refractivity contribution is 0.161. The number of hydrogen-bond donors (Lipinski definition) is 1. The van der Waals surface area contributed by atoms with E-state index in [0.717, 1.165) is 17.8 Å². The van der Waals surface area contributed by atoms with Gasteiger partial charge < -0.3 is 5.32 Å². The topological polar surface area (TPSA) is 12.0 Å². The molecule has 1 aliphatic carbocycles. The van der Waals surface area contributed by atoms with Crippen molar-refractivity contribution in [2.24, 2.45) is 17.8 Å². The Hall–Kier alpha value is -0.240. The molecule has 0 spiro atoms. The van der Waals surface area contributed by atoms with Crippen LogP contribution in [0.3, 0.4) is 0 Å². The minimum absolute atomic E-state index is 0.302. The Morgan fingerprint density at radius 3 is 2.43 bits per heavy atom. The highest BCUT2D eigenvalue weighted by atomic mass is 35.5. The highest BCUT2D eigenvalue weighted by molar-refractivity contribution is 6.42. The molecule has 1 aromatic rings. The summed E-state index contributed by atoms with van der Waals surface area (Å²) in [6, 6.07) is 6.84. The molecule has 1 saturated carbocycles. The van der Waals surface area contributed by atoms with E-state index < -0.39 is 0 Å². The fraction of sp³-hybridized carbons (Fsp3) is 0.667. The molecule has 0 amide bonds. The standard InChI is InChI=1S/C18H27Cl2N/c1-11(2)15-7-5-12(3)9-18(15)21-13(4)14-6-8-16(19)17(20)10-14/h6,8,10-13,15,18,21H,5,7,9H2,1-4H3. The Kier molecular flexibility index (Phi) is 5.99. The predicted molar refractivity (Wildman–Crippen MR) is 93.1 cm³/mol. The van der Waals surface area contributed by atoms with Crippen LogP contribution in [0.2, 0.25) is 10.0 Å². The summed E-state index contributed by atoms with van der Waals surface area (Å²) in [5.41, 5.74) is 1.21. The van der Waals surface area contributed by atoms with E-state index in [0.29, 0.717) is 22.1 Å². The van der Waals surface area contributed by atoms with Gasteiger partial charge in [-0.2, -0.15) is 0 Å².